The molecular formula is C24H34Cl2FN5O2. The minimum atomic E-state index is -0.310. The quantitative estimate of drug-likeness (QED) is 0.434. The zero-order chi connectivity index (χ0) is 22.7. The first-order valence-corrected chi connectivity index (χ1v) is 11.6. The molecule has 4 rings (SSSR count). The Morgan fingerprint density at radius 3 is 2.68 bits per heavy atom. The summed E-state index contributed by atoms with van der Waals surface area (Å²) in [4.78, 5) is 19.9. The highest BCUT2D eigenvalue weighted by Crippen LogP contribution is 2.32. The number of nitrogens with zero attached hydrogens (tertiary/aromatic N) is 4. The molecule has 0 unspecified atom stereocenters. The molecule has 0 saturated carbocycles. The van der Waals surface area contributed by atoms with E-state index in [1.165, 1.54) is 12.1 Å². The lowest BCUT2D eigenvalue weighted by molar-refractivity contribution is 0.211. The molecule has 34 heavy (non-hydrogen) atoms. The summed E-state index contributed by atoms with van der Waals surface area (Å²) in [6, 6.07) is 4.61. The number of fused-ring (bicyclic) bond motifs is 1. The van der Waals surface area contributed by atoms with Crippen molar-refractivity contribution in [2.45, 2.75) is 51.9 Å². The van der Waals surface area contributed by atoms with Gasteiger partial charge in [0, 0.05) is 48.8 Å². The van der Waals surface area contributed by atoms with Crippen molar-refractivity contribution in [2.24, 2.45) is 7.05 Å². The maximum absolute atomic E-state index is 13.4. The molecule has 3 aromatic rings. The number of unbranched alkanes of at least 4 members (excludes halogenated alkanes) is 1. The van der Waals surface area contributed by atoms with Gasteiger partial charge in [0.15, 0.2) is 5.58 Å². The molecule has 1 N–H and O–H groups in total. The van der Waals surface area contributed by atoms with Crippen LogP contribution in [0.5, 0.6) is 0 Å². The van der Waals surface area contributed by atoms with Crippen molar-refractivity contribution in [3.8, 4) is 0 Å². The molecule has 10 heteroatoms. The fraction of sp³-hybridized carbons (Fsp3) is 0.542. The molecule has 0 atom stereocenters. The van der Waals surface area contributed by atoms with E-state index in [1.54, 1.807) is 17.7 Å². The van der Waals surface area contributed by atoms with Crippen LogP contribution in [0.1, 0.15) is 55.5 Å². The number of rotatable bonds is 8. The highest BCUT2D eigenvalue weighted by Gasteiger charge is 2.25. The van der Waals surface area contributed by atoms with Crippen LogP contribution in [0.2, 0.25) is 0 Å². The summed E-state index contributed by atoms with van der Waals surface area (Å²) in [6.07, 6.45) is 4.77. The monoisotopic (exact) mass is 513 g/mol. The Kier molecular flexibility index (Phi) is 10.3. The molecule has 0 spiro atoms. The normalized spacial score (nSPS) is 14.6. The van der Waals surface area contributed by atoms with Crippen LogP contribution in [0.15, 0.2) is 27.5 Å². The predicted octanol–water partition coefficient (Wildman–Crippen LogP) is 4.85. The van der Waals surface area contributed by atoms with E-state index >= 15 is 0 Å². The first kappa shape index (κ1) is 28.1. The molecule has 1 aromatic carbocycles. The van der Waals surface area contributed by atoms with Crippen LogP contribution < -0.4 is 10.9 Å². The second-order valence-electron chi connectivity index (χ2n) is 8.72. The number of benzene rings is 1. The Bertz CT molecular complexity index is 1140. The van der Waals surface area contributed by atoms with Crippen molar-refractivity contribution in [3.63, 3.8) is 0 Å². The minimum absolute atomic E-state index is 0. The third-order valence-electron chi connectivity index (χ3n) is 6.52. The first-order chi connectivity index (χ1) is 15.5. The molecule has 7 nitrogen and oxygen atoms in total. The van der Waals surface area contributed by atoms with Gasteiger partial charge in [-0.1, -0.05) is 18.5 Å². The van der Waals surface area contributed by atoms with E-state index in [1.807, 2.05) is 6.92 Å². The van der Waals surface area contributed by atoms with Crippen LogP contribution in [0.3, 0.4) is 0 Å². The zero-order valence-corrected chi connectivity index (χ0v) is 21.6. The van der Waals surface area contributed by atoms with E-state index in [0.717, 1.165) is 74.2 Å². The van der Waals surface area contributed by atoms with Gasteiger partial charge in [0.25, 0.3) is 5.56 Å². The molecule has 1 fully saturated rings. The van der Waals surface area contributed by atoms with E-state index < -0.39 is 0 Å². The molecule has 188 valence electrons. The number of hydrogen-bond acceptors (Lipinski definition) is 6. The summed E-state index contributed by atoms with van der Waals surface area (Å²) in [6.45, 7) is 7.58. The molecule has 0 amide bonds. The van der Waals surface area contributed by atoms with Crippen molar-refractivity contribution in [1.29, 1.82) is 0 Å². The molecule has 2 aromatic heterocycles. The number of hydrogen-bond donors (Lipinski definition) is 1. The number of anilines is 1. The average Bonchev–Trinajstić information content (AvgIpc) is 3.20. The molecular weight excluding hydrogens is 480 g/mol. The number of aromatic nitrogens is 3. The Morgan fingerprint density at radius 2 is 1.97 bits per heavy atom. The van der Waals surface area contributed by atoms with Gasteiger partial charge in [0.2, 0.25) is 5.95 Å². The zero-order valence-electron chi connectivity index (χ0n) is 20.0. The van der Waals surface area contributed by atoms with E-state index in [-0.39, 0.29) is 36.2 Å². The average molecular weight is 514 g/mol. The van der Waals surface area contributed by atoms with Gasteiger partial charge < -0.3 is 14.7 Å². The molecule has 0 radical (unpaired) electrons. The molecule has 1 saturated heterocycles. The summed E-state index contributed by atoms with van der Waals surface area (Å²) in [7, 11) is 1.78. The number of likely N-dealkylation sites (tertiary alicyclic amines) is 1. The molecule has 1 aliphatic rings. The highest BCUT2D eigenvalue weighted by atomic mass is 35.5. The van der Waals surface area contributed by atoms with Crippen LogP contribution in [0.25, 0.3) is 11.0 Å². The van der Waals surface area contributed by atoms with Gasteiger partial charge in [-0.05, 0) is 57.8 Å². The SMILES string of the molecule is CCCCNc1nc(C)c(CCN2CCC(c3noc4cc(F)ccc34)CC2)c(=O)n1C.Cl.Cl. The van der Waals surface area contributed by atoms with Crippen molar-refractivity contribution < 1.29 is 8.91 Å². The lowest BCUT2D eigenvalue weighted by Gasteiger charge is -2.31. The lowest BCUT2D eigenvalue weighted by atomic mass is 9.91. The molecule has 0 bridgehead atoms. The van der Waals surface area contributed by atoms with Gasteiger partial charge in [0.05, 0.1) is 5.69 Å². The number of aryl methyl sites for hydroxylation is 1. The standard InChI is InChI=1S/C24H32FN5O2.2ClH/c1-4-5-11-26-24-27-16(2)19(23(31)29(24)3)10-14-30-12-8-17(9-13-30)22-20-7-6-18(25)15-21(20)32-28-22;;/h6-7,15,17H,4-5,8-14H2,1-3H3,(H,26,27);2*1H. The molecule has 3 heterocycles. The van der Waals surface area contributed by atoms with Gasteiger partial charge in [-0.3, -0.25) is 9.36 Å². The van der Waals surface area contributed by atoms with Crippen LogP contribution in [-0.2, 0) is 13.5 Å². The lowest BCUT2D eigenvalue weighted by Crippen LogP contribution is -2.36. The Balaban J connectivity index is 0.00000204. The summed E-state index contributed by atoms with van der Waals surface area (Å²) in [5, 5.41) is 8.40. The van der Waals surface area contributed by atoms with Crippen LogP contribution in [0, 0.1) is 12.7 Å². The second-order valence-corrected chi connectivity index (χ2v) is 8.72. The maximum atomic E-state index is 13.4. The third-order valence-corrected chi connectivity index (χ3v) is 6.52. The third kappa shape index (κ3) is 6.09. The van der Waals surface area contributed by atoms with Crippen molar-refractivity contribution >= 4 is 41.7 Å². The Hall–Kier alpha value is -2.16. The smallest absolute Gasteiger partial charge is 0.258 e. The second kappa shape index (κ2) is 12.5. The van der Waals surface area contributed by atoms with Gasteiger partial charge >= 0.3 is 0 Å². The predicted molar refractivity (Wildman–Crippen MR) is 138 cm³/mol. The maximum Gasteiger partial charge on any atom is 0.258 e. The van der Waals surface area contributed by atoms with E-state index in [2.05, 4.69) is 27.3 Å². The van der Waals surface area contributed by atoms with Gasteiger partial charge in [-0.2, -0.15) is 0 Å². The Morgan fingerprint density at radius 1 is 1.24 bits per heavy atom. The Labute approximate surface area is 211 Å². The van der Waals surface area contributed by atoms with Crippen molar-refractivity contribution in [2.75, 3.05) is 31.5 Å². The number of piperidine rings is 1. The van der Waals surface area contributed by atoms with Gasteiger partial charge in [0.1, 0.15) is 5.82 Å². The van der Waals surface area contributed by atoms with E-state index in [0.29, 0.717) is 23.9 Å². The fourth-order valence-corrected chi connectivity index (χ4v) is 4.50. The molecule has 0 aliphatic carbocycles. The summed E-state index contributed by atoms with van der Waals surface area (Å²) in [5.41, 5.74) is 3.07. The highest BCUT2D eigenvalue weighted by molar-refractivity contribution is 5.85. The largest absolute Gasteiger partial charge is 0.356 e. The topological polar surface area (TPSA) is 76.2 Å². The van der Waals surface area contributed by atoms with Crippen LogP contribution >= 0.6 is 24.8 Å². The van der Waals surface area contributed by atoms with E-state index in [4.69, 9.17) is 4.52 Å². The summed E-state index contributed by atoms with van der Waals surface area (Å²) < 4.78 is 20.4. The number of halogens is 3. The van der Waals surface area contributed by atoms with Gasteiger partial charge in [-0.15, -0.1) is 24.8 Å². The summed E-state index contributed by atoms with van der Waals surface area (Å²) >= 11 is 0. The van der Waals surface area contributed by atoms with Crippen LogP contribution in [0.4, 0.5) is 10.3 Å². The fourth-order valence-electron chi connectivity index (χ4n) is 4.50. The number of nitrogens with one attached hydrogen (secondary N) is 1. The van der Waals surface area contributed by atoms with E-state index in [9.17, 15) is 9.18 Å². The summed E-state index contributed by atoms with van der Waals surface area (Å²) in [5.74, 6) is 0.642. The van der Waals surface area contributed by atoms with Crippen LogP contribution in [-0.4, -0.2) is 45.8 Å². The minimum Gasteiger partial charge on any atom is -0.356 e. The van der Waals surface area contributed by atoms with Crippen molar-refractivity contribution in [1.82, 2.24) is 19.6 Å². The molecule has 1 aliphatic heterocycles. The van der Waals surface area contributed by atoms with Crippen molar-refractivity contribution in [3.05, 3.63) is 51.3 Å². The first-order valence-electron chi connectivity index (χ1n) is 11.6. The van der Waals surface area contributed by atoms with Gasteiger partial charge in [-0.25, -0.2) is 9.37 Å².